The second-order valence-corrected chi connectivity index (χ2v) is 6.10. The van der Waals surface area contributed by atoms with Gasteiger partial charge in [0.05, 0.1) is 6.04 Å². The second-order valence-electron chi connectivity index (χ2n) is 6.10. The molecule has 1 amide bonds. The molecule has 1 atom stereocenters. The van der Waals surface area contributed by atoms with E-state index in [0.29, 0.717) is 18.7 Å². The number of hydrogen-bond acceptors (Lipinski definition) is 3. The summed E-state index contributed by atoms with van der Waals surface area (Å²) in [7, 11) is 0. The fourth-order valence-electron chi connectivity index (χ4n) is 2.23. The van der Waals surface area contributed by atoms with Crippen LogP contribution in [0, 0.1) is 11.6 Å². The Morgan fingerprint density at radius 2 is 2.10 bits per heavy atom. The van der Waals surface area contributed by atoms with Crippen LogP contribution in [-0.4, -0.2) is 36.2 Å². The van der Waals surface area contributed by atoms with Gasteiger partial charge in [0.2, 0.25) is 0 Å². The summed E-state index contributed by atoms with van der Waals surface area (Å²) in [5.74, 6) is -1.23. The molecule has 1 heterocycles. The Bertz CT molecular complexity index is 529. The quantitative estimate of drug-likeness (QED) is 0.867. The van der Waals surface area contributed by atoms with E-state index >= 15 is 0 Å². The molecular weight excluding hydrogens is 278 g/mol. The van der Waals surface area contributed by atoms with Crippen molar-refractivity contribution in [3.05, 3.63) is 35.4 Å². The normalized spacial score (nSPS) is 19.5. The summed E-state index contributed by atoms with van der Waals surface area (Å²) in [5, 5.41) is 3.13. The van der Waals surface area contributed by atoms with Crippen molar-refractivity contribution in [2.24, 2.45) is 0 Å². The van der Waals surface area contributed by atoms with Gasteiger partial charge in [0.15, 0.2) is 0 Å². The zero-order valence-corrected chi connectivity index (χ0v) is 12.5. The molecular formula is C15H20F2N2O2. The van der Waals surface area contributed by atoms with Crippen molar-refractivity contribution in [1.29, 1.82) is 0 Å². The first-order valence-electron chi connectivity index (χ1n) is 6.92. The lowest BCUT2D eigenvalue weighted by atomic mass is 10.0. The third kappa shape index (κ3) is 4.14. The molecule has 116 valence electrons. The van der Waals surface area contributed by atoms with E-state index in [1.807, 2.05) is 0 Å². The first-order valence-corrected chi connectivity index (χ1v) is 6.92. The summed E-state index contributed by atoms with van der Waals surface area (Å²) in [6.45, 7) is 6.70. The van der Waals surface area contributed by atoms with Crippen LogP contribution in [0.4, 0.5) is 13.6 Å². The highest BCUT2D eigenvalue weighted by Gasteiger charge is 2.29. The zero-order chi connectivity index (χ0) is 15.6. The molecule has 1 aliphatic rings. The second kappa shape index (κ2) is 5.97. The predicted molar refractivity (Wildman–Crippen MR) is 74.9 cm³/mol. The molecule has 1 aromatic rings. The van der Waals surface area contributed by atoms with Gasteiger partial charge in [-0.1, -0.05) is 6.07 Å². The van der Waals surface area contributed by atoms with Crippen molar-refractivity contribution >= 4 is 6.09 Å². The van der Waals surface area contributed by atoms with Crippen molar-refractivity contribution < 1.29 is 18.3 Å². The number of benzene rings is 1. The van der Waals surface area contributed by atoms with E-state index in [1.54, 1.807) is 20.8 Å². The third-order valence-electron chi connectivity index (χ3n) is 3.17. The lowest BCUT2D eigenvalue weighted by Crippen LogP contribution is -2.49. The Hall–Kier alpha value is -1.69. The molecule has 2 rings (SSSR count). The number of ether oxygens (including phenoxy) is 1. The molecule has 1 aromatic carbocycles. The smallest absolute Gasteiger partial charge is 0.410 e. The number of piperazine rings is 1. The average molecular weight is 298 g/mol. The van der Waals surface area contributed by atoms with E-state index < -0.39 is 23.3 Å². The van der Waals surface area contributed by atoms with Crippen molar-refractivity contribution in [2.45, 2.75) is 32.4 Å². The number of rotatable bonds is 1. The lowest BCUT2D eigenvalue weighted by Gasteiger charge is -2.35. The lowest BCUT2D eigenvalue weighted by molar-refractivity contribution is 0.0193. The Kier molecular flexibility index (Phi) is 4.46. The Balaban J connectivity index is 2.08. The summed E-state index contributed by atoms with van der Waals surface area (Å²) in [6.07, 6.45) is -0.420. The van der Waals surface area contributed by atoms with Crippen LogP contribution in [0.1, 0.15) is 32.4 Å². The molecule has 0 spiro atoms. The van der Waals surface area contributed by atoms with Crippen LogP contribution < -0.4 is 5.32 Å². The van der Waals surface area contributed by atoms with Crippen LogP contribution in [0.25, 0.3) is 0 Å². The van der Waals surface area contributed by atoms with Crippen LogP contribution >= 0.6 is 0 Å². The molecule has 0 bridgehead atoms. The van der Waals surface area contributed by atoms with Gasteiger partial charge in [-0.3, -0.25) is 0 Å². The highest BCUT2D eigenvalue weighted by Crippen LogP contribution is 2.22. The van der Waals surface area contributed by atoms with Crippen LogP contribution in [-0.2, 0) is 4.74 Å². The minimum Gasteiger partial charge on any atom is -0.444 e. The maximum Gasteiger partial charge on any atom is 0.410 e. The van der Waals surface area contributed by atoms with E-state index in [0.717, 1.165) is 6.07 Å². The van der Waals surface area contributed by atoms with Gasteiger partial charge in [0.25, 0.3) is 0 Å². The Morgan fingerprint density at radius 1 is 1.38 bits per heavy atom. The van der Waals surface area contributed by atoms with Crippen molar-refractivity contribution in [1.82, 2.24) is 10.2 Å². The highest BCUT2D eigenvalue weighted by molar-refractivity contribution is 5.68. The minimum absolute atomic E-state index is 0.289. The van der Waals surface area contributed by atoms with Gasteiger partial charge >= 0.3 is 6.09 Å². The molecule has 4 nitrogen and oxygen atoms in total. The molecule has 21 heavy (non-hydrogen) atoms. The molecule has 1 aliphatic heterocycles. The molecule has 1 fully saturated rings. The summed E-state index contributed by atoms with van der Waals surface area (Å²) >= 11 is 0. The third-order valence-corrected chi connectivity index (χ3v) is 3.17. The highest BCUT2D eigenvalue weighted by atomic mass is 19.1. The Labute approximate surface area is 123 Å². The standard InChI is InChI=1S/C15H20F2N2O2/c1-15(2,3)21-14(20)19-7-6-18-13(9-19)11-5-4-10(16)8-12(11)17/h4-5,8,13,18H,6-7,9H2,1-3H3/t13-/m1/s1. The fourth-order valence-corrected chi connectivity index (χ4v) is 2.23. The SMILES string of the molecule is CC(C)(C)OC(=O)N1CCN[C@@H](c2ccc(F)cc2F)C1. The zero-order valence-electron chi connectivity index (χ0n) is 12.5. The van der Waals surface area contributed by atoms with Gasteiger partial charge in [-0.25, -0.2) is 13.6 Å². The molecule has 0 aliphatic carbocycles. The van der Waals surface area contributed by atoms with Gasteiger partial charge in [-0.2, -0.15) is 0 Å². The van der Waals surface area contributed by atoms with Crippen molar-refractivity contribution in [3.63, 3.8) is 0 Å². The molecule has 0 saturated carbocycles. The molecule has 1 saturated heterocycles. The number of hydrogen-bond donors (Lipinski definition) is 1. The first-order chi connectivity index (χ1) is 9.76. The maximum absolute atomic E-state index is 13.8. The van der Waals surface area contributed by atoms with Crippen LogP contribution in [0.2, 0.25) is 0 Å². The van der Waals surface area contributed by atoms with Crippen LogP contribution in [0.15, 0.2) is 18.2 Å². The van der Waals surface area contributed by atoms with Crippen molar-refractivity contribution in [2.75, 3.05) is 19.6 Å². The largest absolute Gasteiger partial charge is 0.444 e. The Morgan fingerprint density at radius 3 is 2.71 bits per heavy atom. The fraction of sp³-hybridized carbons (Fsp3) is 0.533. The number of amides is 1. The maximum atomic E-state index is 13.8. The van der Waals surface area contributed by atoms with E-state index in [2.05, 4.69) is 5.32 Å². The summed E-state index contributed by atoms with van der Waals surface area (Å²) in [4.78, 5) is 13.6. The number of nitrogens with zero attached hydrogens (tertiary/aromatic N) is 1. The molecule has 0 aromatic heterocycles. The monoisotopic (exact) mass is 298 g/mol. The van der Waals surface area contributed by atoms with Crippen LogP contribution in [0.3, 0.4) is 0 Å². The predicted octanol–water partition coefficient (Wildman–Crippen LogP) is 2.85. The molecule has 0 unspecified atom stereocenters. The van der Waals surface area contributed by atoms with Gasteiger partial charge < -0.3 is 15.0 Å². The number of nitrogens with one attached hydrogen (secondary N) is 1. The number of carbonyl (C=O) groups is 1. The summed E-state index contributed by atoms with van der Waals surface area (Å²) in [6, 6.07) is 3.10. The number of carbonyl (C=O) groups excluding carboxylic acids is 1. The van der Waals surface area contributed by atoms with E-state index in [4.69, 9.17) is 4.74 Å². The minimum atomic E-state index is -0.615. The van der Waals surface area contributed by atoms with Gasteiger partial charge in [0, 0.05) is 31.3 Å². The molecule has 0 radical (unpaired) electrons. The van der Waals surface area contributed by atoms with Crippen LogP contribution in [0.5, 0.6) is 0 Å². The molecule has 6 heteroatoms. The summed E-state index contributed by atoms with van der Waals surface area (Å²) < 4.78 is 32.1. The van der Waals surface area contributed by atoms with E-state index in [1.165, 1.54) is 17.0 Å². The van der Waals surface area contributed by atoms with E-state index in [9.17, 15) is 13.6 Å². The first kappa shape index (κ1) is 15.7. The average Bonchev–Trinajstić information content (AvgIpc) is 2.37. The topological polar surface area (TPSA) is 41.6 Å². The number of halogens is 2. The summed E-state index contributed by atoms with van der Waals surface area (Å²) in [5.41, 5.74) is -0.219. The van der Waals surface area contributed by atoms with E-state index in [-0.39, 0.29) is 12.6 Å². The van der Waals surface area contributed by atoms with Gasteiger partial charge in [0.1, 0.15) is 17.2 Å². The van der Waals surface area contributed by atoms with Gasteiger partial charge in [-0.05, 0) is 26.8 Å². The molecule has 1 N–H and O–H groups in total. The van der Waals surface area contributed by atoms with Gasteiger partial charge in [-0.15, -0.1) is 0 Å². The van der Waals surface area contributed by atoms with Crippen molar-refractivity contribution in [3.8, 4) is 0 Å².